The number of allylic oxidation sites excluding steroid dienone is 4. The fourth-order valence-corrected chi connectivity index (χ4v) is 2.71. The van der Waals surface area contributed by atoms with Crippen molar-refractivity contribution < 1.29 is 0 Å². The lowest BCUT2D eigenvalue weighted by atomic mass is 10.1. The zero-order valence-corrected chi connectivity index (χ0v) is 13.3. The van der Waals surface area contributed by atoms with Crippen LogP contribution < -0.4 is 9.80 Å². The van der Waals surface area contributed by atoms with E-state index in [0.717, 1.165) is 22.8 Å². The van der Waals surface area contributed by atoms with Crippen molar-refractivity contribution in [2.45, 2.75) is 6.92 Å². The predicted molar refractivity (Wildman–Crippen MR) is 99.7 cm³/mol. The SMILES string of the molecule is C=C/C=C(\C=C/C)N1C=CN(c2ccccc2)c2ccccc21. The molecule has 0 radical (unpaired) electrons. The van der Waals surface area contributed by atoms with Gasteiger partial charge in [0.15, 0.2) is 0 Å². The lowest BCUT2D eigenvalue weighted by Crippen LogP contribution is -2.24. The molecule has 0 unspecified atom stereocenters. The lowest BCUT2D eigenvalue weighted by molar-refractivity contribution is 1.12. The van der Waals surface area contributed by atoms with Gasteiger partial charge in [-0.05, 0) is 43.3 Å². The Morgan fingerprint density at radius 1 is 0.913 bits per heavy atom. The van der Waals surface area contributed by atoms with Gasteiger partial charge in [-0.25, -0.2) is 0 Å². The van der Waals surface area contributed by atoms with Gasteiger partial charge in [-0.15, -0.1) is 0 Å². The van der Waals surface area contributed by atoms with Crippen molar-refractivity contribution in [3.8, 4) is 0 Å². The minimum atomic E-state index is 1.08. The molecule has 0 atom stereocenters. The Morgan fingerprint density at radius 3 is 2.30 bits per heavy atom. The van der Waals surface area contributed by atoms with E-state index in [9.17, 15) is 0 Å². The lowest BCUT2D eigenvalue weighted by Gasteiger charge is -2.34. The van der Waals surface area contributed by atoms with Crippen molar-refractivity contribution in [1.29, 1.82) is 0 Å². The van der Waals surface area contributed by atoms with Crippen LogP contribution in [0, 0.1) is 0 Å². The number of nitrogens with zero attached hydrogens (tertiary/aromatic N) is 2. The molecular weight excluding hydrogens is 280 g/mol. The topological polar surface area (TPSA) is 6.48 Å². The molecule has 0 saturated heterocycles. The molecule has 0 saturated carbocycles. The standard InChI is InChI=1S/C21H20N2/c1-3-10-18(11-4-2)22-16-17-23(19-12-6-5-7-13-19)21-15-9-8-14-20(21)22/h3-17H,1H2,2H3/b11-4-,18-10+. The Bertz CT molecular complexity index is 769. The molecule has 23 heavy (non-hydrogen) atoms. The summed E-state index contributed by atoms with van der Waals surface area (Å²) in [6.45, 7) is 5.85. The van der Waals surface area contributed by atoms with E-state index >= 15 is 0 Å². The first kappa shape index (κ1) is 14.9. The number of rotatable bonds is 4. The molecule has 2 heteroatoms. The maximum Gasteiger partial charge on any atom is 0.0697 e. The molecule has 1 heterocycles. The van der Waals surface area contributed by atoms with E-state index in [0.29, 0.717) is 0 Å². The second-order valence-corrected chi connectivity index (χ2v) is 5.19. The van der Waals surface area contributed by atoms with Crippen LogP contribution in [0.5, 0.6) is 0 Å². The van der Waals surface area contributed by atoms with Gasteiger partial charge in [0, 0.05) is 23.8 Å². The highest BCUT2D eigenvalue weighted by atomic mass is 15.2. The Morgan fingerprint density at radius 2 is 1.61 bits per heavy atom. The molecule has 0 bridgehead atoms. The smallest absolute Gasteiger partial charge is 0.0697 e. The average Bonchev–Trinajstić information content (AvgIpc) is 2.61. The van der Waals surface area contributed by atoms with Crippen LogP contribution in [0.25, 0.3) is 0 Å². The molecule has 1 aliphatic heterocycles. The van der Waals surface area contributed by atoms with Crippen molar-refractivity contribution in [3.05, 3.63) is 104 Å². The van der Waals surface area contributed by atoms with Gasteiger partial charge in [-0.2, -0.15) is 0 Å². The van der Waals surface area contributed by atoms with E-state index in [2.05, 4.69) is 83.4 Å². The summed E-state index contributed by atoms with van der Waals surface area (Å²) in [4.78, 5) is 4.38. The van der Waals surface area contributed by atoms with Crippen LogP contribution >= 0.6 is 0 Å². The Hall–Kier alpha value is -3.00. The Kier molecular flexibility index (Phi) is 4.44. The normalized spacial score (nSPS) is 14.2. The van der Waals surface area contributed by atoms with Crippen molar-refractivity contribution >= 4 is 17.1 Å². The van der Waals surface area contributed by atoms with Gasteiger partial charge >= 0.3 is 0 Å². The zero-order chi connectivity index (χ0) is 16.1. The van der Waals surface area contributed by atoms with Gasteiger partial charge < -0.3 is 9.80 Å². The third-order valence-corrected chi connectivity index (χ3v) is 3.70. The average molecular weight is 300 g/mol. The highest BCUT2D eigenvalue weighted by molar-refractivity contribution is 5.84. The summed E-state index contributed by atoms with van der Waals surface area (Å²) in [6.07, 6.45) is 12.1. The molecule has 0 amide bonds. The van der Waals surface area contributed by atoms with E-state index in [1.807, 2.05) is 31.2 Å². The molecule has 114 valence electrons. The summed E-state index contributed by atoms with van der Waals surface area (Å²) in [5.41, 5.74) is 4.53. The van der Waals surface area contributed by atoms with Crippen molar-refractivity contribution in [2.75, 3.05) is 9.80 Å². The van der Waals surface area contributed by atoms with Crippen LogP contribution in [0.2, 0.25) is 0 Å². The maximum absolute atomic E-state index is 3.82. The highest BCUT2D eigenvalue weighted by Crippen LogP contribution is 2.39. The Labute approximate surface area is 138 Å². The molecule has 0 aromatic heterocycles. The minimum absolute atomic E-state index is 1.08. The first-order chi connectivity index (χ1) is 11.3. The van der Waals surface area contributed by atoms with Crippen molar-refractivity contribution in [3.63, 3.8) is 0 Å². The summed E-state index contributed by atoms with van der Waals surface area (Å²) in [5.74, 6) is 0. The van der Waals surface area contributed by atoms with Crippen LogP contribution in [0.3, 0.4) is 0 Å². The number of hydrogen-bond acceptors (Lipinski definition) is 2. The van der Waals surface area contributed by atoms with E-state index < -0.39 is 0 Å². The van der Waals surface area contributed by atoms with Gasteiger partial charge in [0.1, 0.15) is 0 Å². The number of hydrogen-bond donors (Lipinski definition) is 0. The van der Waals surface area contributed by atoms with Crippen LogP contribution in [0.1, 0.15) is 6.92 Å². The number of anilines is 3. The molecule has 0 N–H and O–H groups in total. The fraction of sp³-hybridized carbons (Fsp3) is 0.0476. The van der Waals surface area contributed by atoms with Gasteiger partial charge in [0.05, 0.1) is 11.4 Å². The van der Waals surface area contributed by atoms with E-state index in [-0.39, 0.29) is 0 Å². The number of fused-ring (bicyclic) bond motifs is 1. The number of para-hydroxylation sites is 3. The monoisotopic (exact) mass is 300 g/mol. The van der Waals surface area contributed by atoms with Crippen LogP contribution in [0.4, 0.5) is 17.1 Å². The summed E-state index contributed by atoms with van der Waals surface area (Å²) in [7, 11) is 0. The second kappa shape index (κ2) is 6.84. The molecule has 1 aliphatic rings. The third-order valence-electron chi connectivity index (χ3n) is 3.70. The summed E-state index contributed by atoms with van der Waals surface area (Å²) < 4.78 is 0. The predicted octanol–water partition coefficient (Wildman–Crippen LogP) is 5.76. The maximum atomic E-state index is 3.82. The molecular formula is C21H20N2. The van der Waals surface area contributed by atoms with Gasteiger partial charge in [0.25, 0.3) is 0 Å². The molecule has 0 fully saturated rings. The van der Waals surface area contributed by atoms with Gasteiger partial charge in [0.2, 0.25) is 0 Å². The zero-order valence-electron chi connectivity index (χ0n) is 13.3. The molecule has 0 aliphatic carbocycles. The first-order valence-electron chi connectivity index (χ1n) is 7.71. The van der Waals surface area contributed by atoms with E-state index in [1.54, 1.807) is 0 Å². The molecule has 2 aromatic rings. The second-order valence-electron chi connectivity index (χ2n) is 5.19. The summed E-state index contributed by atoms with van der Waals surface area (Å²) >= 11 is 0. The minimum Gasteiger partial charge on any atom is -0.314 e. The van der Waals surface area contributed by atoms with E-state index in [1.165, 1.54) is 0 Å². The van der Waals surface area contributed by atoms with E-state index in [4.69, 9.17) is 0 Å². The molecule has 0 spiro atoms. The molecule has 3 rings (SSSR count). The van der Waals surface area contributed by atoms with Crippen LogP contribution in [-0.4, -0.2) is 0 Å². The van der Waals surface area contributed by atoms with Crippen LogP contribution in [-0.2, 0) is 0 Å². The summed E-state index contributed by atoms with van der Waals surface area (Å²) in [5, 5.41) is 0. The summed E-state index contributed by atoms with van der Waals surface area (Å²) in [6, 6.07) is 18.8. The Balaban J connectivity index is 2.09. The highest BCUT2D eigenvalue weighted by Gasteiger charge is 2.20. The van der Waals surface area contributed by atoms with Crippen molar-refractivity contribution in [2.24, 2.45) is 0 Å². The van der Waals surface area contributed by atoms with Gasteiger partial charge in [-0.1, -0.05) is 49.1 Å². The van der Waals surface area contributed by atoms with Crippen molar-refractivity contribution in [1.82, 2.24) is 0 Å². The molecule has 2 nitrogen and oxygen atoms in total. The quantitative estimate of drug-likeness (QED) is 0.662. The third kappa shape index (κ3) is 2.97. The molecule has 2 aromatic carbocycles. The fourth-order valence-electron chi connectivity index (χ4n) is 2.71. The number of benzene rings is 2. The van der Waals surface area contributed by atoms with Crippen LogP contribution in [0.15, 0.2) is 104 Å². The van der Waals surface area contributed by atoms with Gasteiger partial charge in [-0.3, -0.25) is 0 Å². The first-order valence-corrected chi connectivity index (χ1v) is 7.71. The largest absolute Gasteiger partial charge is 0.314 e.